The van der Waals surface area contributed by atoms with E-state index in [4.69, 9.17) is 5.73 Å². The van der Waals surface area contributed by atoms with Gasteiger partial charge in [-0.15, -0.1) is 0 Å². The van der Waals surface area contributed by atoms with E-state index in [1.807, 2.05) is 0 Å². The zero-order valence-corrected chi connectivity index (χ0v) is 12.3. The SMILES string of the molecule is CC(C)C1CCC(N2CCN(CCN)CC2)CC1. The number of hydrogen-bond acceptors (Lipinski definition) is 3. The number of hydrogen-bond donors (Lipinski definition) is 1. The molecule has 2 aliphatic rings. The van der Waals surface area contributed by atoms with Gasteiger partial charge in [-0.3, -0.25) is 9.80 Å². The van der Waals surface area contributed by atoms with Crippen molar-refractivity contribution in [3.8, 4) is 0 Å². The highest BCUT2D eigenvalue weighted by Crippen LogP contribution is 2.32. The molecule has 0 aromatic rings. The molecule has 0 spiro atoms. The van der Waals surface area contributed by atoms with Gasteiger partial charge in [-0.05, 0) is 37.5 Å². The Labute approximate surface area is 113 Å². The fourth-order valence-corrected chi connectivity index (χ4v) is 3.67. The molecule has 18 heavy (non-hydrogen) atoms. The van der Waals surface area contributed by atoms with Crippen molar-refractivity contribution in [2.45, 2.75) is 45.6 Å². The van der Waals surface area contributed by atoms with Crippen molar-refractivity contribution < 1.29 is 0 Å². The van der Waals surface area contributed by atoms with Crippen molar-refractivity contribution in [2.24, 2.45) is 17.6 Å². The van der Waals surface area contributed by atoms with E-state index in [-0.39, 0.29) is 0 Å². The van der Waals surface area contributed by atoms with Gasteiger partial charge in [-0.1, -0.05) is 13.8 Å². The molecule has 106 valence electrons. The summed E-state index contributed by atoms with van der Waals surface area (Å²) in [6.45, 7) is 11.6. The zero-order valence-electron chi connectivity index (χ0n) is 12.3. The summed E-state index contributed by atoms with van der Waals surface area (Å²) in [5, 5.41) is 0. The van der Waals surface area contributed by atoms with E-state index in [0.29, 0.717) is 0 Å². The number of piperazine rings is 1. The molecule has 1 aliphatic heterocycles. The second-order valence-corrected chi connectivity index (χ2v) is 6.48. The Morgan fingerprint density at radius 3 is 2.11 bits per heavy atom. The molecule has 1 heterocycles. The molecule has 0 bridgehead atoms. The molecule has 0 amide bonds. The lowest BCUT2D eigenvalue weighted by molar-refractivity contribution is 0.0668. The normalized spacial score (nSPS) is 32.0. The highest BCUT2D eigenvalue weighted by Gasteiger charge is 2.28. The Hall–Kier alpha value is -0.120. The molecular weight excluding hydrogens is 222 g/mol. The maximum absolute atomic E-state index is 5.63. The molecule has 3 heteroatoms. The van der Waals surface area contributed by atoms with Crippen molar-refractivity contribution >= 4 is 0 Å². The predicted molar refractivity (Wildman–Crippen MR) is 77.7 cm³/mol. The second-order valence-electron chi connectivity index (χ2n) is 6.48. The lowest BCUT2D eigenvalue weighted by atomic mass is 9.79. The van der Waals surface area contributed by atoms with Crippen molar-refractivity contribution in [1.82, 2.24) is 9.80 Å². The summed E-state index contributed by atoms with van der Waals surface area (Å²) in [7, 11) is 0. The Kier molecular flexibility index (Phi) is 5.46. The molecule has 2 fully saturated rings. The summed E-state index contributed by atoms with van der Waals surface area (Å²) in [4.78, 5) is 5.25. The van der Waals surface area contributed by atoms with Gasteiger partial charge in [0, 0.05) is 45.3 Å². The Bertz CT molecular complexity index is 226. The highest BCUT2D eigenvalue weighted by atomic mass is 15.3. The molecule has 0 radical (unpaired) electrons. The second kappa shape index (κ2) is 6.88. The van der Waals surface area contributed by atoms with Crippen molar-refractivity contribution in [3.63, 3.8) is 0 Å². The molecular formula is C15H31N3. The van der Waals surface area contributed by atoms with Gasteiger partial charge in [0.05, 0.1) is 0 Å². The summed E-state index contributed by atoms with van der Waals surface area (Å²) in [6, 6.07) is 0.875. The topological polar surface area (TPSA) is 32.5 Å². The Morgan fingerprint density at radius 1 is 1.00 bits per heavy atom. The van der Waals surface area contributed by atoms with Crippen LogP contribution in [0.4, 0.5) is 0 Å². The van der Waals surface area contributed by atoms with Crippen LogP contribution in [0.1, 0.15) is 39.5 Å². The maximum atomic E-state index is 5.63. The minimum Gasteiger partial charge on any atom is -0.329 e. The van der Waals surface area contributed by atoms with Gasteiger partial charge in [-0.25, -0.2) is 0 Å². The highest BCUT2D eigenvalue weighted by molar-refractivity contribution is 4.84. The maximum Gasteiger partial charge on any atom is 0.0113 e. The average molecular weight is 253 g/mol. The first-order chi connectivity index (χ1) is 8.70. The molecule has 0 unspecified atom stereocenters. The van der Waals surface area contributed by atoms with Crippen LogP contribution in [0.2, 0.25) is 0 Å². The summed E-state index contributed by atoms with van der Waals surface area (Å²) in [5.41, 5.74) is 5.63. The Morgan fingerprint density at radius 2 is 1.61 bits per heavy atom. The van der Waals surface area contributed by atoms with Gasteiger partial charge < -0.3 is 5.73 Å². The van der Waals surface area contributed by atoms with Gasteiger partial charge in [0.25, 0.3) is 0 Å². The molecule has 2 N–H and O–H groups in total. The van der Waals surface area contributed by atoms with Gasteiger partial charge >= 0.3 is 0 Å². The van der Waals surface area contributed by atoms with Crippen LogP contribution in [0, 0.1) is 11.8 Å². The van der Waals surface area contributed by atoms with E-state index >= 15 is 0 Å². The third-order valence-electron chi connectivity index (χ3n) is 5.05. The molecule has 0 aromatic heterocycles. The number of nitrogens with two attached hydrogens (primary N) is 1. The van der Waals surface area contributed by atoms with Gasteiger partial charge in [0.1, 0.15) is 0 Å². The molecule has 3 nitrogen and oxygen atoms in total. The smallest absolute Gasteiger partial charge is 0.0113 e. The van der Waals surface area contributed by atoms with Gasteiger partial charge in [-0.2, -0.15) is 0 Å². The van der Waals surface area contributed by atoms with Crippen LogP contribution >= 0.6 is 0 Å². The molecule has 0 aromatic carbocycles. The van der Waals surface area contributed by atoms with Crippen LogP contribution in [-0.4, -0.2) is 55.1 Å². The monoisotopic (exact) mass is 253 g/mol. The van der Waals surface area contributed by atoms with Crippen LogP contribution in [-0.2, 0) is 0 Å². The fourth-order valence-electron chi connectivity index (χ4n) is 3.67. The third kappa shape index (κ3) is 3.69. The van der Waals surface area contributed by atoms with Crippen LogP contribution in [0.15, 0.2) is 0 Å². The summed E-state index contributed by atoms with van der Waals surface area (Å²) >= 11 is 0. The van der Waals surface area contributed by atoms with E-state index in [0.717, 1.165) is 31.0 Å². The lowest BCUT2D eigenvalue weighted by Gasteiger charge is -2.42. The van der Waals surface area contributed by atoms with Crippen molar-refractivity contribution in [3.05, 3.63) is 0 Å². The van der Waals surface area contributed by atoms with Gasteiger partial charge in [0.15, 0.2) is 0 Å². The molecule has 2 rings (SSSR count). The average Bonchev–Trinajstić information content (AvgIpc) is 2.40. The molecule has 1 aliphatic carbocycles. The first kappa shape index (κ1) is 14.3. The van der Waals surface area contributed by atoms with Crippen LogP contribution in [0.3, 0.4) is 0 Å². The van der Waals surface area contributed by atoms with E-state index in [1.54, 1.807) is 0 Å². The summed E-state index contributed by atoms with van der Waals surface area (Å²) < 4.78 is 0. The molecule has 0 atom stereocenters. The standard InChI is InChI=1S/C15H31N3/c1-13(2)14-3-5-15(6-4-14)18-11-9-17(8-7-16)10-12-18/h13-15H,3-12,16H2,1-2H3. The minimum atomic E-state index is 0.805. The van der Waals surface area contributed by atoms with E-state index < -0.39 is 0 Å². The molecule has 1 saturated carbocycles. The van der Waals surface area contributed by atoms with E-state index in [9.17, 15) is 0 Å². The predicted octanol–water partition coefficient (Wildman–Crippen LogP) is 1.78. The number of nitrogens with zero attached hydrogens (tertiary/aromatic N) is 2. The van der Waals surface area contributed by atoms with Crippen LogP contribution in [0.25, 0.3) is 0 Å². The zero-order chi connectivity index (χ0) is 13.0. The van der Waals surface area contributed by atoms with Crippen LogP contribution in [0.5, 0.6) is 0 Å². The fraction of sp³-hybridized carbons (Fsp3) is 1.00. The molecule has 1 saturated heterocycles. The minimum absolute atomic E-state index is 0.805. The van der Waals surface area contributed by atoms with Crippen molar-refractivity contribution in [2.75, 3.05) is 39.3 Å². The van der Waals surface area contributed by atoms with E-state index in [2.05, 4.69) is 23.6 Å². The summed E-state index contributed by atoms with van der Waals surface area (Å²) in [6.07, 6.45) is 5.76. The number of rotatable bonds is 4. The van der Waals surface area contributed by atoms with E-state index in [1.165, 1.54) is 51.9 Å². The summed E-state index contributed by atoms with van der Waals surface area (Å²) in [5.74, 6) is 1.87. The first-order valence-electron chi connectivity index (χ1n) is 7.87. The lowest BCUT2D eigenvalue weighted by Crippen LogP contribution is -2.52. The first-order valence-corrected chi connectivity index (χ1v) is 7.87. The largest absolute Gasteiger partial charge is 0.329 e. The van der Waals surface area contributed by atoms with Gasteiger partial charge in [0.2, 0.25) is 0 Å². The third-order valence-corrected chi connectivity index (χ3v) is 5.05. The Balaban J connectivity index is 1.71. The quantitative estimate of drug-likeness (QED) is 0.829. The van der Waals surface area contributed by atoms with Crippen molar-refractivity contribution in [1.29, 1.82) is 0 Å². The van der Waals surface area contributed by atoms with Crippen LogP contribution < -0.4 is 5.73 Å².